The Morgan fingerprint density at radius 2 is 2.19 bits per heavy atom. The van der Waals surface area contributed by atoms with Crippen molar-refractivity contribution >= 4 is 11.6 Å². The first-order valence-corrected chi connectivity index (χ1v) is 7.09. The number of benzene rings is 1. The summed E-state index contributed by atoms with van der Waals surface area (Å²) in [4.78, 5) is 4.44. The Labute approximate surface area is 127 Å². The van der Waals surface area contributed by atoms with E-state index in [9.17, 15) is 0 Å². The third-order valence-corrected chi connectivity index (χ3v) is 3.77. The van der Waals surface area contributed by atoms with Crippen LogP contribution in [-0.2, 0) is 0 Å². The average molecular weight is 310 g/mol. The Bertz CT molecular complexity index is 638. The Morgan fingerprint density at radius 1 is 1.33 bits per heavy atom. The average Bonchev–Trinajstić information content (AvgIpc) is 3.16. The molecule has 3 rings (SSSR count). The summed E-state index contributed by atoms with van der Waals surface area (Å²) in [6.07, 6.45) is 2.12. The van der Waals surface area contributed by atoms with Crippen molar-refractivity contribution in [2.45, 2.75) is 18.9 Å². The zero-order chi connectivity index (χ0) is 14.8. The first-order chi connectivity index (χ1) is 10.2. The standard InChI is InChI=1S/C14H16ClN3O3/c1-19-11-7-8(6-9(15)12(11)20-2)13-17-14(21-18-13)10-4-3-5-16-10/h6-7,10,16H,3-5H2,1-2H3/t10-/m0/s1. The quantitative estimate of drug-likeness (QED) is 0.936. The van der Waals surface area contributed by atoms with E-state index in [0.29, 0.717) is 28.2 Å². The second-order valence-corrected chi connectivity index (χ2v) is 5.21. The molecule has 1 aromatic heterocycles. The van der Waals surface area contributed by atoms with E-state index in [1.807, 2.05) is 0 Å². The molecule has 0 aliphatic carbocycles. The van der Waals surface area contributed by atoms with Crippen molar-refractivity contribution in [3.8, 4) is 22.9 Å². The van der Waals surface area contributed by atoms with Crippen LogP contribution in [0, 0.1) is 0 Å². The molecule has 6 nitrogen and oxygen atoms in total. The van der Waals surface area contributed by atoms with E-state index in [1.165, 1.54) is 0 Å². The molecule has 1 N–H and O–H groups in total. The number of rotatable bonds is 4. The van der Waals surface area contributed by atoms with Gasteiger partial charge >= 0.3 is 0 Å². The fraction of sp³-hybridized carbons (Fsp3) is 0.429. The van der Waals surface area contributed by atoms with E-state index < -0.39 is 0 Å². The summed E-state index contributed by atoms with van der Waals surface area (Å²) in [6, 6.07) is 3.66. The van der Waals surface area contributed by atoms with Crippen LogP contribution in [-0.4, -0.2) is 30.9 Å². The molecule has 112 valence electrons. The van der Waals surface area contributed by atoms with Crippen molar-refractivity contribution < 1.29 is 14.0 Å². The summed E-state index contributed by atoms with van der Waals surface area (Å²) in [7, 11) is 3.10. The molecular weight excluding hydrogens is 294 g/mol. The Hall–Kier alpha value is -1.79. The number of aromatic nitrogens is 2. The van der Waals surface area contributed by atoms with Gasteiger partial charge in [0.1, 0.15) is 0 Å². The Kier molecular flexibility index (Phi) is 3.98. The summed E-state index contributed by atoms with van der Waals surface area (Å²) >= 11 is 6.19. The van der Waals surface area contributed by atoms with Crippen molar-refractivity contribution in [2.24, 2.45) is 0 Å². The van der Waals surface area contributed by atoms with Crippen molar-refractivity contribution in [1.82, 2.24) is 15.5 Å². The van der Waals surface area contributed by atoms with Crippen LogP contribution >= 0.6 is 11.6 Å². The second kappa shape index (κ2) is 5.91. The van der Waals surface area contributed by atoms with Crippen molar-refractivity contribution in [1.29, 1.82) is 0 Å². The topological polar surface area (TPSA) is 69.4 Å². The zero-order valence-electron chi connectivity index (χ0n) is 11.9. The maximum Gasteiger partial charge on any atom is 0.244 e. The molecule has 0 radical (unpaired) electrons. The highest BCUT2D eigenvalue weighted by atomic mass is 35.5. The van der Waals surface area contributed by atoms with Gasteiger partial charge in [0.25, 0.3) is 0 Å². The predicted octanol–water partition coefficient (Wildman–Crippen LogP) is 2.83. The predicted molar refractivity (Wildman–Crippen MR) is 77.8 cm³/mol. The number of nitrogens with zero attached hydrogens (tertiary/aromatic N) is 2. The van der Waals surface area contributed by atoms with Gasteiger partial charge in [0, 0.05) is 5.56 Å². The van der Waals surface area contributed by atoms with Crippen LogP contribution in [0.4, 0.5) is 0 Å². The van der Waals surface area contributed by atoms with E-state index in [4.69, 9.17) is 25.6 Å². The molecule has 0 bridgehead atoms. The van der Waals surface area contributed by atoms with Gasteiger partial charge in [-0.25, -0.2) is 0 Å². The van der Waals surface area contributed by atoms with Gasteiger partial charge in [-0.2, -0.15) is 4.98 Å². The lowest BCUT2D eigenvalue weighted by atomic mass is 10.2. The third-order valence-electron chi connectivity index (χ3n) is 3.49. The lowest BCUT2D eigenvalue weighted by Crippen LogP contribution is -2.12. The van der Waals surface area contributed by atoms with Crippen molar-refractivity contribution in [3.05, 3.63) is 23.0 Å². The number of nitrogens with one attached hydrogen (secondary N) is 1. The van der Waals surface area contributed by atoms with Crippen LogP contribution in [0.2, 0.25) is 5.02 Å². The second-order valence-electron chi connectivity index (χ2n) is 4.80. The van der Waals surface area contributed by atoms with Crippen LogP contribution in [0.3, 0.4) is 0 Å². The lowest BCUT2D eigenvalue weighted by molar-refractivity contribution is 0.344. The molecule has 2 aromatic rings. The number of hydrogen-bond acceptors (Lipinski definition) is 6. The van der Waals surface area contributed by atoms with Crippen LogP contribution in [0.1, 0.15) is 24.8 Å². The Balaban J connectivity index is 1.95. The first kappa shape index (κ1) is 14.2. The molecule has 1 saturated heterocycles. The molecule has 2 heterocycles. The van der Waals surface area contributed by atoms with Crippen LogP contribution < -0.4 is 14.8 Å². The lowest BCUT2D eigenvalue weighted by Gasteiger charge is -2.10. The molecule has 1 aliphatic heterocycles. The highest BCUT2D eigenvalue weighted by molar-refractivity contribution is 6.32. The molecule has 0 saturated carbocycles. The van der Waals surface area contributed by atoms with E-state index >= 15 is 0 Å². The van der Waals surface area contributed by atoms with Crippen LogP contribution in [0.15, 0.2) is 16.7 Å². The maximum absolute atomic E-state index is 6.19. The molecule has 1 fully saturated rings. The number of ether oxygens (including phenoxy) is 2. The number of halogens is 1. The van der Waals surface area contributed by atoms with Gasteiger partial charge in [-0.05, 0) is 31.5 Å². The summed E-state index contributed by atoms with van der Waals surface area (Å²) < 4.78 is 15.8. The maximum atomic E-state index is 6.19. The number of hydrogen-bond donors (Lipinski definition) is 1. The largest absolute Gasteiger partial charge is 0.493 e. The summed E-state index contributed by atoms with van der Waals surface area (Å²) in [5.74, 6) is 2.12. The number of methoxy groups -OCH3 is 2. The highest BCUT2D eigenvalue weighted by Gasteiger charge is 2.23. The van der Waals surface area contributed by atoms with Gasteiger partial charge < -0.3 is 19.3 Å². The minimum Gasteiger partial charge on any atom is -0.493 e. The van der Waals surface area contributed by atoms with Crippen LogP contribution in [0.25, 0.3) is 11.4 Å². The monoisotopic (exact) mass is 309 g/mol. The van der Waals surface area contributed by atoms with Gasteiger partial charge in [-0.3, -0.25) is 0 Å². The minimum atomic E-state index is 0.141. The van der Waals surface area contributed by atoms with E-state index in [0.717, 1.165) is 24.9 Å². The van der Waals surface area contributed by atoms with Gasteiger partial charge in [-0.15, -0.1) is 0 Å². The van der Waals surface area contributed by atoms with E-state index in [-0.39, 0.29) is 6.04 Å². The summed E-state index contributed by atoms with van der Waals surface area (Å²) in [5.41, 5.74) is 0.727. The van der Waals surface area contributed by atoms with Gasteiger partial charge in [0.2, 0.25) is 11.7 Å². The molecule has 0 amide bonds. The molecule has 1 atom stereocenters. The zero-order valence-corrected chi connectivity index (χ0v) is 12.6. The molecule has 1 aliphatic rings. The molecule has 21 heavy (non-hydrogen) atoms. The van der Waals surface area contributed by atoms with E-state index in [1.54, 1.807) is 26.4 Å². The molecular formula is C14H16ClN3O3. The van der Waals surface area contributed by atoms with Crippen LogP contribution in [0.5, 0.6) is 11.5 Å². The smallest absolute Gasteiger partial charge is 0.244 e. The highest BCUT2D eigenvalue weighted by Crippen LogP contribution is 2.38. The minimum absolute atomic E-state index is 0.141. The Morgan fingerprint density at radius 3 is 2.86 bits per heavy atom. The fourth-order valence-electron chi connectivity index (χ4n) is 2.44. The molecule has 0 spiro atoms. The molecule has 1 aromatic carbocycles. The molecule has 0 unspecified atom stereocenters. The van der Waals surface area contributed by atoms with Gasteiger partial charge in [-0.1, -0.05) is 16.8 Å². The summed E-state index contributed by atoms with van der Waals surface area (Å²) in [5, 5.41) is 7.79. The van der Waals surface area contributed by atoms with Crippen molar-refractivity contribution in [2.75, 3.05) is 20.8 Å². The molecule has 7 heteroatoms. The first-order valence-electron chi connectivity index (χ1n) is 6.72. The SMILES string of the molecule is COc1cc(-c2noc([C@@H]3CCCN3)n2)cc(Cl)c1OC. The van der Waals surface area contributed by atoms with Gasteiger partial charge in [0.15, 0.2) is 11.5 Å². The third kappa shape index (κ3) is 2.69. The summed E-state index contributed by atoms with van der Waals surface area (Å²) in [6.45, 7) is 0.977. The van der Waals surface area contributed by atoms with Gasteiger partial charge in [0.05, 0.1) is 25.3 Å². The van der Waals surface area contributed by atoms with Crippen molar-refractivity contribution in [3.63, 3.8) is 0 Å². The fourth-order valence-corrected chi connectivity index (χ4v) is 2.72. The van der Waals surface area contributed by atoms with E-state index in [2.05, 4.69) is 15.5 Å². The normalized spacial score (nSPS) is 18.0.